The van der Waals surface area contributed by atoms with Crippen LogP contribution in [-0.4, -0.2) is 19.6 Å². The third-order valence-electron chi connectivity index (χ3n) is 3.88. The zero-order chi connectivity index (χ0) is 13.0. The van der Waals surface area contributed by atoms with Crippen molar-refractivity contribution in [2.45, 2.75) is 26.7 Å². The Hall–Kier alpha value is -1.53. The first-order chi connectivity index (χ1) is 8.63. The summed E-state index contributed by atoms with van der Waals surface area (Å²) in [5, 5.41) is 15.8. The molecule has 1 heterocycles. The monoisotopic (exact) mass is 243 g/mol. The zero-order valence-corrected chi connectivity index (χ0v) is 11.2. The molecule has 0 atom stereocenters. The second-order valence-corrected chi connectivity index (χ2v) is 5.56. The van der Waals surface area contributed by atoms with Crippen molar-refractivity contribution in [1.82, 2.24) is 5.32 Å². The van der Waals surface area contributed by atoms with Gasteiger partial charge in [0, 0.05) is 12.2 Å². The smallest absolute Gasteiger partial charge is 0.0994 e. The Morgan fingerprint density at radius 3 is 2.72 bits per heavy atom. The molecular formula is C15H21N3. The summed E-state index contributed by atoms with van der Waals surface area (Å²) in [6.07, 6.45) is 2.44. The van der Waals surface area contributed by atoms with E-state index in [0.717, 1.165) is 36.4 Å². The van der Waals surface area contributed by atoms with Gasteiger partial charge >= 0.3 is 0 Å². The van der Waals surface area contributed by atoms with Gasteiger partial charge in [0.15, 0.2) is 0 Å². The number of hydrogen-bond donors (Lipinski definition) is 2. The van der Waals surface area contributed by atoms with E-state index in [-0.39, 0.29) is 0 Å². The van der Waals surface area contributed by atoms with Crippen molar-refractivity contribution >= 4 is 5.69 Å². The standard InChI is InChI=1S/C15H21N3/c1-12-9-14(4-3-13(12)10-16)18-11-15(2)5-7-17-8-6-15/h3-4,9,17-18H,5-8,11H2,1-2H3. The van der Waals surface area contributed by atoms with Gasteiger partial charge < -0.3 is 10.6 Å². The molecule has 96 valence electrons. The van der Waals surface area contributed by atoms with Crippen LogP contribution in [0.1, 0.15) is 30.9 Å². The van der Waals surface area contributed by atoms with Gasteiger partial charge in [0.05, 0.1) is 11.6 Å². The number of benzene rings is 1. The van der Waals surface area contributed by atoms with Crippen LogP contribution >= 0.6 is 0 Å². The number of piperidine rings is 1. The zero-order valence-electron chi connectivity index (χ0n) is 11.2. The van der Waals surface area contributed by atoms with Crippen molar-refractivity contribution in [3.63, 3.8) is 0 Å². The minimum Gasteiger partial charge on any atom is -0.384 e. The van der Waals surface area contributed by atoms with Crippen molar-refractivity contribution in [2.75, 3.05) is 25.0 Å². The minimum atomic E-state index is 0.382. The number of nitriles is 1. The van der Waals surface area contributed by atoms with E-state index in [1.807, 2.05) is 19.1 Å². The summed E-state index contributed by atoms with van der Waals surface area (Å²) in [6.45, 7) is 7.56. The van der Waals surface area contributed by atoms with Crippen LogP contribution in [0.2, 0.25) is 0 Å². The lowest BCUT2D eigenvalue weighted by Crippen LogP contribution is -2.39. The van der Waals surface area contributed by atoms with Gasteiger partial charge in [-0.3, -0.25) is 0 Å². The largest absolute Gasteiger partial charge is 0.384 e. The predicted molar refractivity (Wildman–Crippen MR) is 74.6 cm³/mol. The SMILES string of the molecule is Cc1cc(NCC2(C)CCNCC2)ccc1C#N. The highest BCUT2D eigenvalue weighted by molar-refractivity contribution is 5.51. The maximum atomic E-state index is 8.91. The van der Waals surface area contributed by atoms with E-state index < -0.39 is 0 Å². The van der Waals surface area contributed by atoms with E-state index >= 15 is 0 Å². The molecular weight excluding hydrogens is 222 g/mol. The molecule has 1 saturated heterocycles. The van der Waals surface area contributed by atoms with Crippen LogP contribution in [0.5, 0.6) is 0 Å². The first-order valence-corrected chi connectivity index (χ1v) is 6.58. The molecule has 18 heavy (non-hydrogen) atoms. The summed E-state index contributed by atoms with van der Waals surface area (Å²) in [6, 6.07) is 8.15. The molecule has 0 unspecified atom stereocenters. The molecule has 1 aliphatic rings. The van der Waals surface area contributed by atoms with E-state index in [4.69, 9.17) is 5.26 Å². The molecule has 1 aromatic carbocycles. The van der Waals surface area contributed by atoms with Crippen LogP contribution in [0, 0.1) is 23.7 Å². The molecule has 0 bridgehead atoms. The van der Waals surface area contributed by atoms with Crippen LogP contribution < -0.4 is 10.6 Å². The number of anilines is 1. The van der Waals surface area contributed by atoms with Gasteiger partial charge in [-0.05, 0) is 62.0 Å². The molecule has 1 aliphatic heterocycles. The third-order valence-corrected chi connectivity index (χ3v) is 3.88. The van der Waals surface area contributed by atoms with E-state index in [0.29, 0.717) is 5.41 Å². The fourth-order valence-corrected chi connectivity index (χ4v) is 2.42. The number of nitrogens with one attached hydrogen (secondary N) is 2. The normalized spacial score (nSPS) is 18.1. The summed E-state index contributed by atoms with van der Waals surface area (Å²) in [7, 11) is 0. The Labute approximate surface area is 109 Å². The molecule has 0 amide bonds. The van der Waals surface area contributed by atoms with Gasteiger partial charge in [-0.15, -0.1) is 0 Å². The second kappa shape index (κ2) is 5.41. The average Bonchev–Trinajstić information content (AvgIpc) is 2.38. The Morgan fingerprint density at radius 1 is 1.39 bits per heavy atom. The molecule has 1 fully saturated rings. The lowest BCUT2D eigenvalue weighted by molar-refractivity contribution is 0.247. The van der Waals surface area contributed by atoms with Crippen LogP contribution in [0.15, 0.2) is 18.2 Å². The molecule has 0 aliphatic carbocycles. The highest BCUT2D eigenvalue weighted by Crippen LogP contribution is 2.28. The minimum absolute atomic E-state index is 0.382. The molecule has 0 radical (unpaired) electrons. The average molecular weight is 243 g/mol. The maximum Gasteiger partial charge on any atom is 0.0994 e. The van der Waals surface area contributed by atoms with Gasteiger partial charge in [-0.2, -0.15) is 5.26 Å². The van der Waals surface area contributed by atoms with Gasteiger partial charge in [0.2, 0.25) is 0 Å². The summed E-state index contributed by atoms with van der Waals surface area (Å²) >= 11 is 0. The van der Waals surface area contributed by atoms with Gasteiger partial charge in [-0.1, -0.05) is 6.92 Å². The second-order valence-electron chi connectivity index (χ2n) is 5.56. The van der Waals surface area contributed by atoms with E-state index in [9.17, 15) is 0 Å². The third kappa shape index (κ3) is 3.02. The molecule has 0 aromatic heterocycles. The number of aryl methyl sites for hydroxylation is 1. The summed E-state index contributed by atoms with van der Waals surface area (Å²) in [5.41, 5.74) is 3.30. The maximum absolute atomic E-state index is 8.91. The quantitative estimate of drug-likeness (QED) is 0.858. The van der Waals surface area contributed by atoms with Crippen molar-refractivity contribution in [3.05, 3.63) is 29.3 Å². The molecule has 2 rings (SSSR count). The van der Waals surface area contributed by atoms with Crippen LogP contribution in [0.25, 0.3) is 0 Å². The summed E-state index contributed by atoms with van der Waals surface area (Å²) in [5.74, 6) is 0. The Kier molecular flexibility index (Phi) is 3.88. The predicted octanol–water partition coefficient (Wildman–Crippen LogP) is 2.67. The Morgan fingerprint density at radius 2 is 2.11 bits per heavy atom. The van der Waals surface area contributed by atoms with Gasteiger partial charge in [-0.25, -0.2) is 0 Å². The Balaban J connectivity index is 1.98. The van der Waals surface area contributed by atoms with Crippen LogP contribution in [-0.2, 0) is 0 Å². The number of nitrogens with zero attached hydrogens (tertiary/aromatic N) is 1. The first kappa shape index (κ1) is 12.9. The summed E-state index contributed by atoms with van der Waals surface area (Å²) in [4.78, 5) is 0. The number of rotatable bonds is 3. The molecule has 3 nitrogen and oxygen atoms in total. The van der Waals surface area contributed by atoms with E-state index in [1.54, 1.807) is 0 Å². The highest BCUT2D eigenvalue weighted by atomic mass is 14.9. The molecule has 3 heteroatoms. The van der Waals surface area contributed by atoms with Crippen molar-refractivity contribution in [1.29, 1.82) is 5.26 Å². The summed E-state index contributed by atoms with van der Waals surface area (Å²) < 4.78 is 0. The molecule has 2 N–H and O–H groups in total. The number of hydrogen-bond acceptors (Lipinski definition) is 3. The first-order valence-electron chi connectivity index (χ1n) is 6.58. The van der Waals surface area contributed by atoms with Gasteiger partial charge in [0.25, 0.3) is 0 Å². The van der Waals surface area contributed by atoms with Crippen LogP contribution in [0.3, 0.4) is 0 Å². The lowest BCUT2D eigenvalue weighted by atomic mass is 9.81. The molecule has 0 spiro atoms. The lowest BCUT2D eigenvalue weighted by Gasteiger charge is -2.34. The van der Waals surface area contributed by atoms with Crippen molar-refractivity contribution in [2.24, 2.45) is 5.41 Å². The topological polar surface area (TPSA) is 47.8 Å². The van der Waals surface area contributed by atoms with Gasteiger partial charge in [0.1, 0.15) is 0 Å². The van der Waals surface area contributed by atoms with E-state index in [2.05, 4.69) is 29.7 Å². The fourth-order valence-electron chi connectivity index (χ4n) is 2.42. The van der Waals surface area contributed by atoms with E-state index in [1.165, 1.54) is 12.8 Å². The van der Waals surface area contributed by atoms with Crippen molar-refractivity contribution < 1.29 is 0 Å². The van der Waals surface area contributed by atoms with Crippen molar-refractivity contribution in [3.8, 4) is 6.07 Å². The molecule has 1 aromatic rings. The highest BCUT2D eigenvalue weighted by Gasteiger charge is 2.26. The Bertz CT molecular complexity index is 453. The fraction of sp³-hybridized carbons (Fsp3) is 0.533. The van der Waals surface area contributed by atoms with Crippen LogP contribution in [0.4, 0.5) is 5.69 Å². The molecule has 0 saturated carbocycles.